The maximum absolute atomic E-state index is 6.19. The summed E-state index contributed by atoms with van der Waals surface area (Å²) >= 11 is 0. The molecular weight excluding hydrogens is 242 g/mol. The highest BCUT2D eigenvalue weighted by molar-refractivity contribution is 5.40. The molecule has 0 spiro atoms. The molecule has 1 aromatic carbocycles. The molecular formula is C14H17N3O2. The quantitative estimate of drug-likeness (QED) is 0.897. The molecule has 0 aliphatic carbocycles. The lowest BCUT2D eigenvalue weighted by molar-refractivity contribution is 0.0720. The van der Waals surface area contributed by atoms with E-state index in [0.717, 1.165) is 17.2 Å². The zero-order valence-electron chi connectivity index (χ0n) is 10.8. The molecule has 0 bridgehead atoms. The number of para-hydroxylation sites is 2. The van der Waals surface area contributed by atoms with Crippen LogP contribution in [0.3, 0.4) is 0 Å². The highest BCUT2D eigenvalue weighted by Crippen LogP contribution is 2.31. The zero-order valence-corrected chi connectivity index (χ0v) is 10.8. The molecule has 2 unspecified atom stereocenters. The third-order valence-corrected chi connectivity index (χ3v) is 3.22. The SMILES string of the molecule is Cn1ccc(CC(N)C2COc3ccccc3O2)n1. The minimum Gasteiger partial charge on any atom is -0.486 e. The van der Waals surface area contributed by atoms with Gasteiger partial charge in [-0.1, -0.05) is 12.1 Å². The molecule has 0 amide bonds. The van der Waals surface area contributed by atoms with Crippen molar-refractivity contribution < 1.29 is 9.47 Å². The topological polar surface area (TPSA) is 62.3 Å². The number of aromatic nitrogens is 2. The Balaban J connectivity index is 1.67. The largest absolute Gasteiger partial charge is 0.486 e. The zero-order chi connectivity index (χ0) is 13.2. The molecule has 2 N–H and O–H groups in total. The smallest absolute Gasteiger partial charge is 0.161 e. The Labute approximate surface area is 111 Å². The molecule has 3 rings (SSSR count). The van der Waals surface area contributed by atoms with Crippen molar-refractivity contribution in [2.75, 3.05) is 6.61 Å². The summed E-state index contributed by atoms with van der Waals surface area (Å²) < 4.78 is 13.3. The number of hydrogen-bond acceptors (Lipinski definition) is 4. The van der Waals surface area contributed by atoms with Gasteiger partial charge in [-0.3, -0.25) is 4.68 Å². The summed E-state index contributed by atoms with van der Waals surface area (Å²) in [6.45, 7) is 0.477. The van der Waals surface area contributed by atoms with Crippen LogP contribution in [0.25, 0.3) is 0 Å². The number of rotatable bonds is 3. The number of benzene rings is 1. The highest BCUT2D eigenvalue weighted by Gasteiger charge is 2.26. The maximum Gasteiger partial charge on any atom is 0.161 e. The standard InChI is InChI=1S/C14H17N3O2/c1-17-7-6-10(16-17)8-11(15)14-9-18-12-4-2-3-5-13(12)19-14/h2-7,11,14H,8-9,15H2,1H3. The first kappa shape index (κ1) is 12.0. The van der Waals surface area contributed by atoms with Crippen molar-refractivity contribution >= 4 is 0 Å². The first-order chi connectivity index (χ1) is 9.22. The predicted molar refractivity (Wildman–Crippen MR) is 71.2 cm³/mol. The summed E-state index contributed by atoms with van der Waals surface area (Å²) in [7, 11) is 1.89. The van der Waals surface area contributed by atoms with Gasteiger partial charge in [0.25, 0.3) is 0 Å². The van der Waals surface area contributed by atoms with Crippen molar-refractivity contribution in [2.45, 2.75) is 18.6 Å². The molecule has 0 fully saturated rings. The summed E-state index contributed by atoms with van der Waals surface area (Å²) in [4.78, 5) is 0. The third-order valence-electron chi connectivity index (χ3n) is 3.22. The van der Waals surface area contributed by atoms with Crippen LogP contribution in [0.2, 0.25) is 0 Å². The second-order valence-corrected chi connectivity index (χ2v) is 4.76. The van der Waals surface area contributed by atoms with E-state index in [0.29, 0.717) is 13.0 Å². The van der Waals surface area contributed by atoms with Gasteiger partial charge < -0.3 is 15.2 Å². The lowest BCUT2D eigenvalue weighted by atomic mass is 10.1. The van der Waals surface area contributed by atoms with Crippen LogP contribution >= 0.6 is 0 Å². The van der Waals surface area contributed by atoms with E-state index in [1.54, 1.807) is 4.68 Å². The number of aryl methyl sites for hydroxylation is 1. The Morgan fingerprint density at radius 3 is 2.89 bits per heavy atom. The Kier molecular flexibility index (Phi) is 3.13. The van der Waals surface area contributed by atoms with E-state index in [9.17, 15) is 0 Å². The molecule has 0 saturated heterocycles. The summed E-state index contributed by atoms with van der Waals surface area (Å²) in [6, 6.07) is 9.48. The van der Waals surface area contributed by atoms with Gasteiger partial charge in [-0.05, 0) is 18.2 Å². The van der Waals surface area contributed by atoms with Gasteiger partial charge in [0.05, 0.1) is 11.7 Å². The van der Waals surface area contributed by atoms with Crippen LogP contribution in [0.15, 0.2) is 36.5 Å². The summed E-state index contributed by atoms with van der Waals surface area (Å²) in [5.41, 5.74) is 7.16. The number of fused-ring (bicyclic) bond motifs is 1. The van der Waals surface area contributed by atoms with E-state index < -0.39 is 0 Å². The fourth-order valence-electron chi connectivity index (χ4n) is 2.19. The molecule has 2 heterocycles. The Morgan fingerprint density at radius 2 is 2.16 bits per heavy atom. The lowest BCUT2D eigenvalue weighted by Crippen LogP contribution is -2.46. The number of hydrogen-bond donors (Lipinski definition) is 1. The predicted octanol–water partition coefficient (Wildman–Crippen LogP) is 1.13. The van der Waals surface area contributed by atoms with E-state index in [1.165, 1.54) is 0 Å². The second kappa shape index (κ2) is 4.93. The Morgan fingerprint density at radius 1 is 1.37 bits per heavy atom. The summed E-state index contributed by atoms with van der Waals surface area (Å²) in [5, 5.41) is 4.33. The van der Waals surface area contributed by atoms with Crippen LogP contribution in [-0.4, -0.2) is 28.5 Å². The van der Waals surface area contributed by atoms with Gasteiger partial charge in [-0.2, -0.15) is 5.10 Å². The maximum atomic E-state index is 6.19. The van der Waals surface area contributed by atoms with Gasteiger partial charge in [0, 0.05) is 19.7 Å². The van der Waals surface area contributed by atoms with Crippen LogP contribution in [0.4, 0.5) is 0 Å². The van der Waals surface area contributed by atoms with Crippen LogP contribution in [0, 0.1) is 0 Å². The molecule has 1 aromatic heterocycles. The van der Waals surface area contributed by atoms with Crippen molar-refractivity contribution in [1.82, 2.24) is 9.78 Å². The first-order valence-corrected chi connectivity index (χ1v) is 6.35. The minimum atomic E-state index is -0.142. The average Bonchev–Trinajstić information content (AvgIpc) is 2.83. The highest BCUT2D eigenvalue weighted by atomic mass is 16.6. The number of nitrogens with two attached hydrogens (primary N) is 1. The van der Waals surface area contributed by atoms with E-state index in [2.05, 4.69) is 5.10 Å². The molecule has 1 aliphatic heterocycles. The summed E-state index contributed by atoms with van der Waals surface area (Å²) in [5.74, 6) is 1.54. The van der Waals surface area contributed by atoms with Crippen molar-refractivity contribution in [2.24, 2.45) is 12.8 Å². The van der Waals surface area contributed by atoms with Crippen LogP contribution in [-0.2, 0) is 13.5 Å². The van der Waals surface area contributed by atoms with E-state index in [1.807, 2.05) is 43.6 Å². The fourth-order valence-corrected chi connectivity index (χ4v) is 2.19. The molecule has 100 valence electrons. The number of nitrogens with zero attached hydrogens (tertiary/aromatic N) is 2. The molecule has 2 aromatic rings. The van der Waals surface area contributed by atoms with Gasteiger partial charge in [-0.25, -0.2) is 0 Å². The molecule has 2 atom stereocenters. The van der Waals surface area contributed by atoms with Gasteiger partial charge >= 0.3 is 0 Å². The molecule has 0 saturated carbocycles. The van der Waals surface area contributed by atoms with E-state index in [4.69, 9.17) is 15.2 Å². The fraction of sp³-hybridized carbons (Fsp3) is 0.357. The molecule has 5 nitrogen and oxygen atoms in total. The van der Waals surface area contributed by atoms with Crippen LogP contribution in [0.5, 0.6) is 11.5 Å². The van der Waals surface area contributed by atoms with Gasteiger partial charge in [0.15, 0.2) is 11.5 Å². The van der Waals surface area contributed by atoms with Crippen molar-refractivity contribution in [3.8, 4) is 11.5 Å². The van der Waals surface area contributed by atoms with E-state index in [-0.39, 0.29) is 12.1 Å². The van der Waals surface area contributed by atoms with Crippen LogP contribution in [0.1, 0.15) is 5.69 Å². The van der Waals surface area contributed by atoms with Crippen molar-refractivity contribution in [1.29, 1.82) is 0 Å². The van der Waals surface area contributed by atoms with Gasteiger partial charge in [-0.15, -0.1) is 0 Å². The minimum absolute atomic E-state index is 0.136. The molecule has 0 radical (unpaired) electrons. The average molecular weight is 259 g/mol. The second-order valence-electron chi connectivity index (χ2n) is 4.76. The van der Waals surface area contributed by atoms with Crippen molar-refractivity contribution in [3.63, 3.8) is 0 Å². The Bertz CT molecular complexity index is 567. The van der Waals surface area contributed by atoms with Crippen LogP contribution < -0.4 is 15.2 Å². The van der Waals surface area contributed by atoms with Gasteiger partial charge in [0.2, 0.25) is 0 Å². The van der Waals surface area contributed by atoms with Gasteiger partial charge in [0.1, 0.15) is 12.7 Å². The molecule has 19 heavy (non-hydrogen) atoms. The number of ether oxygens (including phenoxy) is 2. The Hall–Kier alpha value is -2.01. The third kappa shape index (κ3) is 2.56. The molecule has 5 heteroatoms. The first-order valence-electron chi connectivity index (χ1n) is 6.35. The van der Waals surface area contributed by atoms with E-state index >= 15 is 0 Å². The summed E-state index contributed by atoms with van der Waals surface area (Å²) in [6.07, 6.45) is 2.45. The normalized spacial score (nSPS) is 19.2. The lowest BCUT2D eigenvalue weighted by Gasteiger charge is -2.30. The molecule has 1 aliphatic rings. The van der Waals surface area contributed by atoms with Crippen molar-refractivity contribution in [3.05, 3.63) is 42.2 Å². The monoisotopic (exact) mass is 259 g/mol.